The maximum absolute atomic E-state index is 11.8. The molecule has 0 unspecified atom stereocenters. The number of nitrogen functional groups attached to an aromatic ring is 1. The molecule has 1 aromatic carbocycles. The highest BCUT2D eigenvalue weighted by Gasteiger charge is 2.09. The number of ether oxygens (including phenoxy) is 1. The minimum atomic E-state index is -0.0336. The van der Waals surface area contributed by atoms with Gasteiger partial charge in [0.15, 0.2) is 6.61 Å². The van der Waals surface area contributed by atoms with E-state index in [0.29, 0.717) is 18.0 Å². The number of benzene rings is 1. The molecule has 1 aromatic rings. The van der Waals surface area contributed by atoms with Crippen molar-refractivity contribution in [2.45, 2.75) is 0 Å². The first-order valence-corrected chi connectivity index (χ1v) is 5.86. The van der Waals surface area contributed by atoms with Gasteiger partial charge in [-0.15, -0.1) is 0 Å². The molecule has 5 heteroatoms. The van der Waals surface area contributed by atoms with Gasteiger partial charge in [0.2, 0.25) is 0 Å². The van der Waals surface area contributed by atoms with Crippen LogP contribution < -0.4 is 10.5 Å². The molecule has 0 atom stereocenters. The molecule has 0 saturated carbocycles. The van der Waals surface area contributed by atoms with Crippen LogP contribution in [0.15, 0.2) is 24.3 Å². The summed E-state index contributed by atoms with van der Waals surface area (Å²) in [4.78, 5) is 15.4. The normalized spacial score (nSPS) is 10.4. The molecule has 1 rings (SSSR count). The van der Waals surface area contributed by atoms with Crippen molar-refractivity contribution in [1.29, 1.82) is 0 Å². The molecule has 0 aliphatic heterocycles. The van der Waals surface area contributed by atoms with Crippen LogP contribution in [0.4, 0.5) is 5.69 Å². The molecule has 0 aliphatic carbocycles. The Morgan fingerprint density at radius 3 is 2.33 bits per heavy atom. The number of carbonyl (C=O) groups is 1. The number of nitrogens with two attached hydrogens (primary N) is 1. The quantitative estimate of drug-likeness (QED) is 0.755. The molecule has 18 heavy (non-hydrogen) atoms. The summed E-state index contributed by atoms with van der Waals surface area (Å²) in [6.45, 7) is 1.58. The smallest absolute Gasteiger partial charge is 0.260 e. The van der Waals surface area contributed by atoms with E-state index in [0.717, 1.165) is 6.54 Å². The summed E-state index contributed by atoms with van der Waals surface area (Å²) in [6.07, 6.45) is 0. The van der Waals surface area contributed by atoms with Gasteiger partial charge in [0.05, 0.1) is 0 Å². The fourth-order valence-corrected chi connectivity index (χ4v) is 1.29. The second-order valence-corrected chi connectivity index (χ2v) is 4.48. The molecule has 5 nitrogen and oxygen atoms in total. The van der Waals surface area contributed by atoms with Crippen molar-refractivity contribution >= 4 is 11.6 Å². The van der Waals surface area contributed by atoms with Gasteiger partial charge in [0, 0.05) is 25.8 Å². The van der Waals surface area contributed by atoms with E-state index in [1.807, 2.05) is 19.0 Å². The molecular formula is C13H21N3O2. The summed E-state index contributed by atoms with van der Waals surface area (Å²) in [7, 11) is 5.73. The third-order valence-electron chi connectivity index (χ3n) is 2.55. The number of carbonyl (C=O) groups excluding carboxylic acids is 1. The molecule has 0 radical (unpaired) electrons. The Kier molecular flexibility index (Phi) is 5.45. The lowest BCUT2D eigenvalue weighted by Crippen LogP contribution is -2.36. The van der Waals surface area contributed by atoms with Crippen molar-refractivity contribution in [2.75, 3.05) is 46.6 Å². The molecule has 0 heterocycles. The number of amides is 1. The van der Waals surface area contributed by atoms with E-state index in [1.54, 1.807) is 36.2 Å². The molecule has 0 spiro atoms. The first-order valence-electron chi connectivity index (χ1n) is 5.86. The predicted molar refractivity (Wildman–Crippen MR) is 72.5 cm³/mol. The fourth-order valence-electron chi connectivity index (χ4n) is 1.29. The monoisotopic (exact) mass is 251 g/mol. The van der Waals surface area contributed by atoms with Crippen LogP contribution in [0.2, 0.25) is 0 Å². The van der Waals surface area contributed by atoms with E-state index < -0.39 is 0 Å². The van der Waals surface area contributed by atoms with Crippen LogP contribution in [-0.2, 0) is 4.79 Å². The Labute approximate surface area is 108 Å². The molecule has 0 bridgehead atoms. The van der Waals surface area contributed by atoms with Crippen LogP contribution in [0.25, 0.3) is 0 Å². The Bertz CT molecular complexity index is 376. The zero-order chi connectivity index (χ0) is 13.5. The van der Waals surface area contributed by atoms with Gasteiger partial charge in [-0.2, -0.15) is 0 Å². The van der Waals surface area contributed by atoms with Gasteiger partial charge in [-0.1, -0.05) is 0 Å². The first-order chi connectivity index (χ1) is 8.49. The zero-order valence-corrected chi connectivity index (χ0v) is 11.2. The van der Waals surface area contributed by atoms with Crippen LogP contribution in [0.1, 0.15) is 0 Å². The second-order valence-electron chi connectivity index (χ2n) is 4.48. The Balaban J connectivity index is 2.34. The first kappa shape index (κ1) is 14.3. The molecule has 0 aliphatic rings. The van der Waals surface area contributed by atoms with Gasteiger partial charge >= 0.3 is 0 Å². The second kappa shape index (κ2) is 6.86. The van der Waals surface area contributed by atoms with E-state index >= 15 is 0 Å². The summed E-state index contributed by atoms with van der Waals surface area (Å²) in [5.74, 6) is 0.618. The standard InChI is InChI=1S/C13H21N3O2/c1-15(2)8-9-16(3)13(17)10-18-12-6-4-11(14)5-7-12/h4-7H,8-10,14H2,1-3H3. The largest absolute Gasteiger partial charge is 0.484 e. The topological polar surface area (TPSA) is 58.8 Å². The van der Waals surface area contributed by atoms with Crippen molar-refractivity contribution in [3.63, 3.8) is 0 Å². The van der Waals surface area contributed by atoms with Crippen LogP contribution in [0.3, 0.4) is 0 Å². The highest BCUT2D eigenvalue weighted by atomic mass is 16.5. The third kappa shape index (κ3) is 5.05. The van der Waals surface area contributed by atoms with Crippen molar-refractivity contribution in [1.82, 2.24) is 9.80 Å². The number of hydrogen-bond donors (Lipinski definition) is 1. The summed E-state index contributed by atoms with van der Waals surface area (Å²) < 4.78 is 5.39. The van der Waals surface area contributed by atoms with Crippen LogP contribution >= 0.6 is 0 Å². The van der Waals surface area contributed by atoms with Crippen molar-refractivity contribution in [3.8, 4) is 5.75 Å². The number of hydrogen-bond acceptors (Lipinski definition) is 4. The predicted octanol–water partition coefficient (Wildman–Crippen LogP) is 0.668. The lowest BCUT2D eigenvalue weighted by atomic mass is 10.3. The van der Waals surface area contributed by atoms with E-state index in [9.17, 15) is 4.79 Å². The molecular weight excluding hydrogens is 230 g/mol. The van der Waals surface area contributed by atoms with E-state index in [1.165, 1.54) is 0 Å². The minimum Gasteiger partial charge on any atom is -0.484 e. The van der Waals surface area contributed by atoms with Gasteiger partial charge in [-0.25, -0.2) is 0 Å². The van der Waals surface area contributed by atoms with Crippen molar-refractivity contribution in [2.24, 2.45) is 0 Å². The summed E-state index contributed by atoms with van der Waals surface area (Å²) in [6, 6.07) is 7.00. The van der Waals surface area contributed by atoms with Crippen LogP contribution in [-0.4, -0.2) is 56.5 Å². The Hall–Kier alpha value is -1.75. The zero-order valence-electron chi connectivity index (χ0n) is 11.2. The molecule has 0 saturated heterocycles. The van der Waals surface area contributed by atoms with Crippen molar-refractivity contribution in [3.05, 3.63) is 24.3 Å². The van der Waals surface area contributed by atoms with E-state index in [4.69, 9.17) is 10.5 Å². The van der Waals surface area contributed by atoms with E-state index in [-0.39, 0.29) is 12.5 Å². The lowest BCUT2D eigenvalue weighted by Gasteiger charge is -2.19. The average Bonchev–Trinajstić information content (AvgIpc) is 2.34. The SMILES string of the molecule is CN(C)CCN(C)C(=O)COc1ccc(N)cc1. The lowest BCUT2D eigenvalue weighted by molar-refractivity contribution is -0.132. The van der Waals surface area contributed by atoms with E-state index in [2.05, 4.69) is 0 Å². The molecule has 1 amide bonds. The highest BCUT2D eigenvalue weighted by Crippen LogP contribution is 2.12. The number of anilines is 1. The van der Waals surface area contributed by atoms with Crippen LogP contribution in [0, 0.1) is 0 Å². The average molecular weight is 251 g/mol. The maximum Gasteiger partial charge on any atom is 0.260 e. The molecule has 0 aromatic heterocycles. The van der Waals surface area contributed by atoms with Gasteiger partial charge in [0.1, 0.15) is 5.75 Å². The van der Waals surface area contributed by atoms with Gasteiger partial charge in [0.25, 0.3) is 5.91 Å². The number of nitrogens with zero attached hydrogens (tertiary/aromatic N) is 2. The minimum absolute atomic E-state index is 0.0336. The summed E-state index contributed by atoms with van der Waals surface area (Å²) >= 11 is 0. The van der Waals surface area contributed by atoms with Crippen molar-refractivity contribution < 1.29 is 9.53 Å². The molecule has 0 fully saturated rings. The van der Waals surface area contributed by atoms with Crippen LogP contribution in [0.5, 0.6) is 5.75 Å². The Morgan fingerprint density at radius 1 is 1.17 bits per heavy atom. The number of likely N-dealkylation sites (N-methyl/N-ethyl adjacent to an activating group) is 2. The maximum atomic E-state index is 11.8. The third-order valence-corrected chi connectivity index (χ3v) is 2.55. The van der Waals surface area contributed by atoms with Gasteiger partial charge in [-0.3, -0.25) is 4.79 Å². The molecule has 100 valence electrons. The van der Waals surface area contributed by atoms with Gasteiger partial charge in [-0.05, 0) is 38.4 Å². The van der Waals surface area contributed by atoms with Gasteiger partial charge < -0.3 is 20.3 Å². The summed E-state index contributed by atoms with van der Waals surface area (Å²) in [5.41, 5.74) is 6.24. The fraction of sp³-hybridized carbons (Fsp3) is 0.462. The number of rotatable bonds is 6. The Morgan fingerprint density at radius 2 is 1.78 bits per heavy atom. The molecule has 2 N–H and O–H groups in total. The summed E-state index contributed by atoms with van der Waals surface area (Å²) in [5, 5.41) is 0. The highest BCUT2D eigenvalue weighted by molar-refractivity contribution is 5.77.